The van der Waals surface area contributed by atoms with E-state index in [1.165, 1.54) is 6.07 Å². The summed E-state index contributed by atoms with van der Waals surface area (Å²) in [5.74, 6) is 0. The van der Waals surface area contributed by atoms with Crippen molar-refractivity contribution >= 4 is 11.8 Å². The molecular formula is C16H22F3NO3. The fourth-order valence-electron chi connectivity index (χ4n) is 1.87. The van der Waals surface area contributed by atoms with Gasteiger partial charge < -0.3 is 9.84 Å². The van der Waals surface area contributed by atoms with E-state index >= 15 is 0 Å². The number of alkyl halides is 3. The number of ether oxygens (including phenoxy) is 1. The molecule has 1 aromatic rings. The van der Waals surface area contributed by atoms with Gasteiger partial charge in [0, 0.05) is 5.69 Å². The van der Waals surface area contributed by atoms with Gasteiger partial charge in [0.25, 0.3) is 0 Å². The molecule has 0 aliphatic heterocycles. The van der Waals surface area contributed by atoms with Crippen molar-refractivity contribution in [3.63, 3.8) is 0 Å². The molecule has 0 aliphatic carbocycles. The summed E-state index contributed by atoms with van der Waals surface area (Å²) in [7, 11) is 0. The highest BCUT2D eigenvalue weighted by atomic mass is 19.4. The van der Waals surface area contributed by atoms with Crippen molar-refractivity contribution in [3.8, 4) is 0 Å². The van der Waals surface area contributed by atoms with E-state index in [0.29, 0.717) is 18.4 Å². The second-order valence-corrected chi connectivity index (χ2v) is 6.38. The van der Waals surface area contributed by atoms with E-state index in [1.807, 2.05) is 0 Å². The van der Waals surface area contributed by atoms with Crippen LogP contribution in [0.2, 0.25) is 0 Å². The van der Waals surface area contributed by atoms with Crippen LogP contribution in [0.3, 0.4) is 0 Å². The van der Waals surface area contributed by atoms with E-state index < -0.39 is 29.5 Å². The molecule has 4 nitrogen and oxygen atoms in total. The zero-order valence-electron chi connectivity index (χ0n) is 13.6. The van der Waals surface area contributed by atoms with Crippen LogP contribution in [0, 0.1) is 0 Å². The molecule has 1 atom stereocenters. The van der Waals surface area contributed by atoms with Gasteiger partial charge in [-0.15, -0.1) is 0 Å². The normalized spacial score (nSPS) is 13.6. The van der Waals surface area contributed by atoms with Crippen molar-refractivity contribution in [2.75, 3.05) is 5.32 Å². The molecule has 0 fully saturated rings. The number of aliphatic hydroxyl groups excluding tert-OH is 1. The lowest BCUT2D eigenvalue weighted by Gasteiger charge is -2.21. The third-order valence-corrected chi connectivity index (χ3v) is 2.90. The molecule has 130 valence electrons. The van der Waals surface area contributed by atoms with Gasteiger partial charge in [-0.1, -0.05) is 6.07 Å². The molecule has 0 aromatic heterocycles. The lowest BCUT2D eigenvalue weighted by molar-refractivity contribution is -0.137. The van der Waals surface area contributed by atoms with E-state index in [9.17, 15) is 23.1 Å². The molecule has 23 heavy (non-hydrogen) atoms. The summed E-state index contributed by atoms with van der Waals surface area (Å²) in [5.41, 5.74) is -1.07. The minimum atomic E-state index is -4.51. The maximum atomic E-state index is 12.8. The highest BCUT2D eigenvalue weighted by molar-refractivity contribution is 5.86. The summed E-state index contributed by atoms with van der Waals surface area (Å²) in [4.78, 5) is 11.8. The molecule has 0 spiro atoms. The van der Waals surface area contributed by atoms with Crippen molar-refractivity contribution < 1.29 is 27.8 Å². The number of carbonyl (C=O) groups is 1. The topological polar surface area (TPSA) is 58.6 Å². The molecule has 7 heteroatoms. The van der Waals surface area contributed by atoms with Crippen LogP contribution < -0.4 is 5.32 Å². The number of rotatable bonds is 4. The average Bonchev–Trinajstić information content (AvgIpc) is 2.33. The molecule has 0 bridgehead atoms. The smallest absolute Gasteiger partial charge is 0.416 e. The number of carbonyl (C=O) groups excluding carboxylic acids is 1. The lowest BCUT2D eigenvalue weighted by Crippen LogP contribution is -2.27. The first-order chi connectivity index (χ1) is 10.4. The van der Waals surface area contributed by atoms with E-state index in [2.05, 4.69) is 5.32 Å². The molecule has 1 rings (SSSR count). The first kappa shape index (κ1) is 19.3. The molecule has 0 saturated carbocycles. The molecule has 0 heterocycles. The fourth-order valence-corrected chi connectivity index (χ4v) is 1.87. The van der Waals surface area contributed by atoms with Gasteiger partial charge in [0.05, 0.1) is 11.7 Å². The first-order valence-electron chi connectivity index (χ1n) is 7.26. The quantitative estimate of drug-likeness (QED) is 0.860. The number of aryl methyl sites for hydroxylation is 1. The zero-order valence-corrected chi connectivity index (χ0v) is 13.6. The maximum absolute atomic E-state index is 12.8. The number of halogens is 3. The summed E-state index contributed by atoms with van der Waals surface area (Å²) in [5, 5.41) is 11.7. The van der Waals surface area contributed by atoms with Crippen LogP contribution in [0.5, 0.6) is 0 Å². The average molecular weight is 333 g/mol. The van der Waals surface area contributed by atoms with Gasteiger partial charge in [0.15, 0.2) is 0 Å². The number of amides is 1. The largest absolute Gasteiger partial charge is 0.444 e. The molecular weight excluding hydrogens is 311 g/mol. The van der Waals surface area contributed by atoms with Crippen LogP contribution in [-0.4, -0.2) is 22.9 Å². The van der Waals surface area contributed by atoms with Crippen LogP contribution in [0.25, 0.3) is 0 Å². The van der Waals surface area contributed by atoms with Gasteiger partial charge in [-0.25, -0.2) is 4.79 Å². The van der Waals surface area contributed by atoms with Gasteiger partial charge in [-0.3, -0.25) is 5.32 Å². The van der Waals surface area contributed by atoms with Crippen LogP contribution in [0.1, 0.15) is 45.2 Å². The Bertz CT molecular complexity index is 548. The minimum Gasteiger partial charge on any atom is -0.444 e. The Hall–Kier alpha value is -1.76. The van der Waals surface area contributed by atoms with Crippen molar-refractivity contribution in [1.29, 1.82) is 0 Å². The van der Waals surface area contributed by atoms with E-state index in [1.54, 1.807) is 27.7 Å². The van der Waals surface area contributed by atoms with Gasteiger partial charge in [-0.05, 0) is 58.2 Å². The molecule has 0 radical (unpaired) electrons. The highest BCUT2D eigenvalue weighted by Crippen LogP contribution is 2.33. The lowest BCUT2D eigenvalue weighted by atomic mass is 10.0. The maximum Gasteiger partial charge on any atom is 0.416 e. The van der Waals surface area contributed by atoms with Crippen LogP contribution in [0.4, 0.5) is 23.7 Å². The van der Waals surface area contributed by atoms with Crippen LogP contribution >= 0.6 is 0 Å². The second kappa shape index (κ2) is 7.21. The number of nitrogens with one attached hydrogen (secondary N) is 1. The number of hydrogen-bond acceptors (Lipinski definition) is 3. The van der Waals surface area contributed by atoms with E-state index in [-0.39, 0.29) is 5.69 Å². The van der Waals surface area contributed by atoms with Crippen molar-refractivity contribution in [2.24, 2.45) is 0 Å². The Morgan fingerprint density at radius 2 is 1.91 bits per heavy atom. The predicted molar refractivity (Wildman–Crippen MR) is 81.3 cm³/mol. The summed E-state index contributed by atoms with van der Waals surface area (Å²) >= 11 is 0. The minimum absolute atomic E-state index is 0.0368. The second-order valence-electron chi connectivity index (χ2n) is 6.38. The third-order valence-electron chi connectivity index (χ3n) is 2.90. The van der Waals surface area contributed by atoms with Gasteiger partial charge in [-0.2, -0.15) is 13.2 Å². The van der Waals surface area contributed by atoms with Gasteiger partial charge in [0.2, 0.25) is 0 Å². The number of aliphatic hydroxyl groups is 1. The Labute approximate surface area is 133 Å². The van der Waals surface area contributed by atoms with Crippen molar-refractivity contribution in [3.05, 3.63) is 29.3 Å². The first-order valence-corrected chi connectivity index (χ1v) is 7.26. The molecule has 1 aromatic carbocycles. The van der Waals surface area contributed by atoms with Gasteiger partial charge in [0.1, 0.15) is 5.60 Å². The SMILES string of the molecule is C[C@H](O)CCc1ccc(C(F)(F)F)cc1NC(=O)OC(C)(C)C. The number of anilines is 1. The van der Waals surface area contributed by atoms with E-state index in [0.717, 1.165) is 12.1 Å². The predicted octanol–water partition coefficient (Wildman–Crippen LogP) is 4.37. The summed E-state index contributed by atoms with van der Waals surface area (Å²) < 4.78 is 43.6. The third kappa shape index (κ3) is 6.90. The summed E-state index contributed by atoms with van der Waals surface area (Å²) in [6.45, 7) is 6.57. The Balaban J connectivity index is 3.05. The van der Waals surface area contributed by atoms with Crippen molar-refractivity contribution in [2.45, 2.75) is 58.4 Å². The molecule has 0 unspecified atom stereocenters. The number of benzene rings is 1. The number of hydrogen-bond donors (Lipinski definition) is 2. The summed E-state index contributed by atoms with van der Waals surface area (Å²) in [6.07, 6.45) is -5.22. The van der Waals surface area contributed by atoms with Gasteiger partial charge >= 0.3 is 12.3 Å². The molecule has 1 amide bonds. The van der Waals surface area contributed by atoms with Crippen molar-refractivity contribution in [1.82, 2.24) is 0 Å². The van der Waals surface area contributed by atoms with Crippen LogP contribution in [0.15, 0.2) is 18.2 Å². The Kier molecular flexibility index (Phi) is 6.04. The zero-order chi connectivity index (χ0) is 17.8. The standard InChI is InChI=1S/C16H22F3NO3/c1-10(21)5-6-11-7-8-12(16(17,18)19)9-13(11)20-14(22)23-15(2,3)4/h7-10,21H,5-6H2,1-4H3,(H,20,22)/t10-/m0/s1. The van der Waals surface area contributed by atoms with E-state index in [4.69, 9.17) is 4.74 Å². The monoisotopic (exact) mass is 333 g/mol. The molecule has 2 N–H and O–H groups in total. The Morgan fingerprint density at radius 1 is 1.30 bits per heavy atom. The summed E-state index contributed by atoms with van der Waals surface area (Å²) in [6, 6.07) is 3.14. The Morgan fingerprint density at radius 3 is 2.39 bits per heavy atom. The van der Waals surface area contributed by atoms with Crippen LogP contribution in [-0.2, 0) is 17.3 Å². The fraction of sp³-hybridized carbons (Fsp3) is 0.562. The highest BCUT2D eigenvalue weighted by Gasteiger charge is 2.31. The molecule has 0 aliphatic rings. The molecule has 0 saturated heterocycles.